The van der Waals surface area contributed by atoms with E-state index in [2.05, 4.69) is 6.92 Å². The topological polar surface area (TPSA) is 26.3 Å². The normalized spacial score (nSPS) is 17.2. The van der Waals surface area contributed by atoms with Crippen molar-refractivity contribution in [2.75, 3.05) is 6.61 Å². The molecule has 0 spiro atoms. The average molecular weight is 182 g/mol. The molecule has 2 nitrogen and oxygen atoms in total. The molecule has 1 fully saturated rings. The van der Waals surface area contributed by atoms with Gasteiger partial charge >= 0.3 is 5.97 Å². The van der Waals surface area contributed by atoms with Crippen molar-refractivity contribution in [1.82, 2.24) is 0 Å². The Morgan fingerprint density at radius 1 is 1.54 bits per heavy atom. The maximum absolute atomic E-state index is 11.2. The Labute approximate surface area is 80.0 Å². The molecule has 0 atom stereocenters. The van der Waals surface area contributed by atoms with E-state index < -0.39 is 0 Å². The van der Waals surface area contributed by atoms with Gasteiger partial charge in [0.05, 0.1) is 6.61 Å². The van der Waals surface area contributed by atoms with E-state index in [1.54, 1.807) is 6.08 Å². The van der Waals surface area contributed by atoms with Crippen LogP contribution in [0.4, 0.5) is 0 Å². The maximum atomic E-state index is 11.2. The molecule has 0 radical (unpaired) electrons. The second-order valence-corrected chi connectivity index (χ2v) is 3.81. The lowest BCUT2D eigenvalue weighted by Gasteiger charge is -2.00. The number of allylic oxidation sites excluding steroid dienone is 1. The predicted molar refractivity (Wildman–Crippen MR) is 52.3 cm³/mol. The summed E-state index contributed by atoms with van der Waals surface area (Å²) in [7, 11) is 0. The van der Waals surface area contributed by atoms with Crippen molar-refractivity contribution in [3.63, 3.8) is 0 Å². The molecular formula is C11H18O2. The zero-order valence-corrected chi connectivity index (χ0v) is 8.51. The summed E-state index contributed by atoms with van der Waals surface area (Å²) in [5.74, 6) is 0.488. The van der Waals surface area contributed by atoms with Crippen molar-refractivity contribution in [2.24, 2.45) is 5.92 Å². The molecule has 0 amide bonds. The van der Waals surface area contributed by atoms with Crippen molar-refractivity contribution in [3.8, 4) is 0 Å². The molecule has 0 unspecified atom stereocenters. The van der Waals surface area contributed by atoms with Crippen LogP contribution in [0.5, 0.6) is 0 Å². The second kappa shape index (κ2) is 5.05. The molecule has 0 bridgehead atoms. The Bertz CT molecular complexity index is 202. The molecule has 0 aromatic carbocycles. The van der Waals surface area contributed by atoms with E-state index in [0.29, 0.717) is 12.5 Å². The quantitative estimate of drug-likeness (QED) is 0.482. The molecule has 0 aromatic rings. The zero-order valence-electron chi connectivity index (χ0n) is 8.51. The Balaban J connectivity index is 2.17. The number of carbonyl (C=O) groups is 1. The number of hydrogen-bond donors (Lipinski definition) is 0. The van der Waals surface area contributed by atoms with E-state index in [1.165, 1.54) is 12.8 Å². The van der Waals surface area contributed by atoms with Gasteiger partial charge in [-0.2, -0.15) is 0 Å². The first-order chi connectivity index (χ1) is 6.22. The fourth-order valence-corrected chi connectivity index (χ4v) is 1.19. The summed E-state index contributed by atoms with van der Waals surface area (Å²) in [6, 6.07) is 0. The van der Waals surface area contributed by atoms with Gasteiger partial charge in [0.25, 0.3) is 0 Å². The van der Waals surface area contributed by atoms with Gasteiger partial charge < -0.3 is 4.74 Å². The van der Waals surface area contributed by atoms with Crippen LogP contribution in [0.15, 0.2) is 11.6 Å². The summed E-state index contributed by atoms with van der Waals surface area (Å²) in [6.45, 7) is 4.70. The van der Waals surface area contributed by atoms with Crippen LogP contribution in [-0.4, -0.2) is 12.6 Å². The van der Waals surface area contributed by atoms with E-state index in [0.717, 1.165) is 18.4 Å². The van der Waals surface area contributed by atoms with Gasteiger partial charge in [0.2, 0.25) is 0 Å². The molecule has 0 heterocycles. The average Bonchev–Trinajstić information content (AvgIpc) is 2.84. The summed E-state index contributed by atoms with van der Waals surface area (Å²) in [6.07, 6.45) is 6.14. The largest absolute Gasteiger partial charge is 0.462 e. The minimum Gasteiger partial charge on any atom is -0.462 e. The van der Waals surface area contributed by atoms with Crippen LogP contribution in [-0.2, 0) is 9.53 Å². The van der Waals surface area contributed by atoms with Crippen LogP contribution in [0.25, 0.3) is 0 Å². The first kappa shape index (κ1) is 10.3. The van der Waals surface area contributed by atoms with Gasteiger partial charge in [0, 0.05) is 6.08 Å². The highest BCUT2D eigenvalue weighted by atomic mass is 16.5. The van der Waals surface area contributed by atoms with Crippen LogP contribution in [0, 0.1) is 5.92 Å². The summed E-state index contributed by atoms with van der Waals surface area (Å²) < 4.78 is 5.07. The fraction of sp³-hybridized carbons (Fsp3) is 0.727. The number of ether oxygens (including phenoxy) is 1. The van der Waals surface area contributed by atoms with Gasteiger partial charge in [0.15, 0.2) is 0 Å². The van der Waals surface area contributed by atoms with Crippen LogP contribution in [0.1, 0.15) is 39.5 Å². The molecule has 1 aliphatic carbocycles. The smallest absolute Gasteiger partial charge is 0.330 e. The third-order valence-electron chi connectivity index (χ3n) is 2.17. The van der Waals surface area contributed by atoms with Crippen LogP contribution in [0.2, 0.25) is 0 Å². The van der Waals surface area contributed by atoms with Gasteiger partial charge in [-0.05, 0) is 32.1 Å². The predicted octanol–water partition coefficient (Wildman–Crippen LogP) is 2.69. The molecule has 0 N–H and O–H groups in total. The van der Waals surface area contributed by atoms with Gasteiger partial charge in [0.1, 0.15) is 0 Å². The molecule has 1 saturated carbocycles. The van der Waals surface area contributed by atoms with Gasteiger partial charge in [-0.15, -0.1) is 0 Å². The van der Waals surface area contributed by atoms with Crippen molar-refractivity contribution in [1.29, 1.82) is 0 Å². The molecule has 74 valence electrons. The number of rotatable bonds is 5. The van der Waals surface area contributed by atoms with Crippen LogP contribution < -0.4 is 0 Å². The minimum absolute atomic E-state index is 0.169. The van der Waals surface area contributed by atoms with Crippen molar-refractivity contribution < 1.29 is 9.53 Å². The summed E-state index contributed by atoms with van der Waals surface area (Å²) in [5, 5.41) is 0. The number of carbonyl (C=O) groups excluding carboxylic acids is 1. The Morgan fingerprint density at radius 2 is 2.23 bits per heavy atom. The third kappa shape index (κ3) is 4.71. The fourth-order valence-electron chi connectivity index (χ4n) is 1.19. The molecule has 13 heavy (non-hydrogen) atoms. The van der Waals surface area contributed by atoms with Crippen molar-refractivity contribution >= 4 is 5.97 Å². The Hall–Kier alpha value is -0.790. The zero-order chi connectivity index (χ0) is 9.68. The van der Waals surface area contributed by atoms with Crippen molar-refractivity contribution in [3.05, 3.63) is 11.6 Å². The number of esters is 1. The van der Waals surface area contributed by atoms with E-state index in [-0.39, 0.29) is 5.97 Å². The second-order valence-electron chi connectivity index (χ2n) is 3.81. The first-order valence-electron chi connectivity index (χ1n) is 5.06. The lowest BCUT2D eigenvalue weighted by Crippen LogP contribution is -2.04. The molecule has 1 aliphatic rings. The maximum Gasteiger partial charge on any atom is 0.330 e. The van der Waals surface area contributed by atoms with Gasteiger partial charge in [-0.1, -0.05) is 18.9 Å². The third-order valence-corrected chi connectivity index (χ3v) is 2.17. The molecule has 0 saturated heterocycles. The highest BCUT2D eigenvalue weighted by molar-refractivity contribution is 5.82. The SMILES string of the molecule is CCCC(C)=CC(=O)OCC1CC1. The summed E-state index contributed by atoms with van der Waals surface area (Å²) >= 11 is 0. The molecule has 0 aromatic heterocycles. The molecule has 1 rings (SSSR count). The molecule has 0 aliphatic heterocycles. The van der Waals surface area contributed by atoms with E-state index in [9.17, 15) is 4.79 Å². The minimum atomic E-state index is -0.169. The van der Waals surface area contributed by atoms with Gasteiger partial charge in [-0.25, -0.2) is 4.79 Å². The summed E-state index contributed by atoms with van der Waals surface area (Å²) in [5.41, 5.74) is 1.11. The van der Waals surface area contributed by atoms with E-state index in [4.69, 9.17) is 4.74 Å². The van der Waals surface area contributed by atoms with Crippen molar-refractivity contribution in [2.45, 2.75) is 39.5 Å². The monoisotopic (exact) mass is 182 g/mol. The highest BCUT2D eigenvalue weighted by Crippen LogP contribution is 2.28. The van der Waals surface area contributed by atoms with Crippen LogP contribution in [0.3, 0.4) is 0 Å². The molecule has 2 heteroatoms. The highest BCUT2D eigenvalue weighted by Gasteiger charge is 2.22. The first-order valence-corrected chi connectivity index (χ1v) is 5.06. The van der Waals surface area contributed by atoms with E-state index in [1.807, 2.05) is 6.92 Å². The lowest BCUT2D eigenvalue weighted by atomic mass is 10.2. The number of hydrogen-bond acceptors (Lipinski definition) is 2. The Morgan fingerprint density at radius 3 is 2.77 bits per heavy atom. The van der Waals surface area contributed by atoms with Gasteiger partial charge in [-0.3, -0.25) is 0 Å². The standard InChI is InChI=1S/C11H18O2/c1-3-4-9(2)7-11(12)13-8-10-5-6-10/h7,10H,3-6,8H2,1-2H3. The summed E-state index contributed by atoms with van der Waals surface area (Å²) in [4.78, 5) is 11.2. The Kier molecular flexibility index (Phi) is 4.00. The molecular weight excluding hydrogens is 164 g/mol. The van der Waals surface area contributed by atoms with Crippen LogP contribution >= 0.6 is 0 Å². The lowest BCUT2D eigenvalue weighted by molar-refractivity contribution is -0.138. The van der Waals surface area contributed by atoms with E-state index >= 15 is 0 Å².